The number of hydrogen-bond acceptors (Lipinski definition) is 4. The molecule has 2 rings (SSSR count). The standard InChI is InChI=1S/C18H25ClO4/c1-10(2)12-8-7-11(3)9-15(12)23-18(22)17(21)13-5-4-6-14(19)16(13)20/h4-6,10-12,15,17,20-21H,7-9H2,1-3H3/t11?,12?,15?,17-/m1/s1. The fraction of sp³-hybridized carbons (Fsp3) is 0.611. The lowest BCUT2D eigenvalue weighted by Crippen LogP contribution is -2.37. The molecule has 0 aromatic heterocycles. The predicted octanol–water partition coefficient (Wildman–Crippen LogP) is 4.08. The molecule has 4 nitrogen and oxygen atoms in total. The number of halogens is 1. The number of ether oxygens (including phenoxy) is 1. The minimum absolute atomic E-state index is 0.0763. The molecule has 5 heteroatoms. The van der Waals surface area contributed by atoms with Crippen molar-refractivity contribution < 1.29 is 19.7 Å². The van der Waals surface area contributed by atoms with E-state index in [2.05, 4.69) is 20.8 Å². The number of aromatic hydroxyl groups is 1. The highest BCUT2D eigenvalue weighted by atomic mass is 35.5. The molecule has 0 aliphatic heterocycles. The SMILES string of the molecule is CC1CCC(C(C)C)C(OC(=O)[C@H](O)c2cccc(Cl)c2O)C1. The number of esters is 1. The monoisotopic (exact) mass is 340 g/mol. The molecule has 0 spiro atoms. The number of aliphatic hydroxyl groups is 1. The molecule has 0 heterocycles. The summed E-state index contributed by atoms with van der Waals surface area (Å²) in [7, 11) is 0. The summed E-state index contributed by atoms with van der Waals surface area (Å²) in [5, 5.41) is 20.2. The van der Waals surface area contributed by atoms with Gasteiger partial charge in [0.15, 0.2) is 6.10 Å². The van der Waals surface area contributed by atoms with E-state index in [1.807, 2.05) is 0 Å². The molecule has 0 amide bonds. The molecule has 1 fully saturated rings. The van der Waals surface area contributed by atoms with Gasteiger partial charge in [0.2, 0.25) is 0 Å². The average molecular weight is 341 g/mol. The molecule has 0 radical (unpaired) electrons. The first-order chi connectivity index (χ1) is 10.8. The van der Waals surface area contributed by atoms with Crippen LogP contribution >= 0.6 is 11.6 Å². The van der Waals surface area contributed by atoms with E-state index in [1.54, 1.807) is 6.07 Å². The summed E-state index contributed by atoms with van der Waals surface area (Å²) in [6.07, 6.45) is 1.24. The van der Waals surface area contributed by atoms with Crippen molar-refractivity contribution in [3.63, 3.8) is 0 Å². The summed E-state index contributed by atoms with van der Waals surface area (Å²) in [5.41, 5.74) is 0.0763. The minimum Gasteiger partial charge on any atom is -0.506 e. The third-order valence-corrected chi connectivity index (χ3v) is 5.07. The van der Waals surface area contributed by atoms with Crippen LogP contribution in [0.5, 0.6) is 5.75 Å². The molecule has 1 aromatic carbocycles. The fourth-order valence-corrected chi connectivity index (χ4v) is 3.53. The van der Waals surface area contributed by atoms with Gasteiger partial charge in [0.1, 0.15) is 11.9 Å². The molecule has 4 atom stereocenters. The first-order valence-corrected chi connectivity index (χ1v) is 8.55. The molecule has 0 saturated heterocycles. The first-order valence-electron chi connectivity index (χ1n) is 8.17. The van der Waals surface area contributed by atoms with Crippen LogP contribution in [0.3, 0.4) is 0 Å². The van der Waals surface area contributed by atoms with Gasteiger partial charge in [-0.1, -0.05) is 50.9 Å². The van der Waals surface area contributed by atoms with Gasteiger partial charge in [0.25, 0.3) is 0 Å². The van der Waals surface area contributed by atoms with Crippen LogP contribution < -0.4 is 0 Å². The summed E-state index contributed by atoms with van der Waals surface area (Å²) in [6, 6.07) is 4.54. The number of carbonyl (C=O) groups excluding carboxylic acids is 1. The predicted molar refractivity (Wildman–Crippen MR) is 89.3 cm³/mol. The second kappa shape index (κ2) is 7.54. The zero-order valence-electron chi connectivity index (χ0n) is 13.8. The van der Waals surface area contributed by atoms with Gasteiger partial charge in [-0.25, -0.2) is 4.79 Å². The van der Waals surface area contributed by atoms with Crippen molar-refractivity contribution in [2.75, 3.05) is 0 Å². The van der Waals surface area contributed by atoms with E-state index in [4.69, 9.17) is 16.3 Å². The van der Waals surface area contributed by atoms with Crippen molar-refractivity contribution in [3.05, 3.63) is 28.8 Å². The van der Waals surface area contributed by atoms with Gasteiger partial charge < -0.3 is 14.9 Å². The lowest BCUT2D eigenvalue weighted by molar-refractivity contribution is -0.166. The van der Waals surface area contributed by atoms with Crippen molar-refractivity contribution in [1.29, 1.82) is 0 Å². The Morgan fingerprint density at radius 1 is 1.35 bits per heavy atom. The molecule has 23 heavy (non-hydrogen) atoms. The largest absolute Gasteiger partial charge is 0.506 e. The quantitative estimate of drug-likeness (QED) is 0.810. The first kappa shape index (κ1) is 18.1. The normalized spacial score (nSPS) is 26.1. The Labute approximate surface area is 142 Å². The van der Waals surface area contributed by atoms with Crippen LogP contribution in [0.15, 0.2) is 18.2 Å². The summed E-state index contributed by atoms with van der Waals surface area (Å²) in [6.45, 7) is 6.40. The van der Waals surface area contributed by atoms with Gasteiger partial charge in [-0.2, -0.15) is 0 Å². The average Bonchev–Trinajstić information content (AvgIpc) is 2.49. The summed E-state index contributed by atoms with van der Waals surface area (Å²) in [4.78, 5) is 12.3. The maximum Gasteiger partial charge on any atom is 0.340 e. The van der Waals surface area contributed by atoms with E-state index in [-0.39, 0.29) is 22.4 Å². The number of rotatable bonds is 4. The molecule has 1 saturated carbocycles. The van der Waals surface area contributed by atoms with Crippen molar-refractivity contribution in [3.8, 4) is 5.75 Å². The molecule has 1 aliphatic rings. The molecular weight excluding hydrogens is 316 g/mol. The van der Waals surface area contributed by atoms with Crippen molar-refractivity contribution in [1.82, 2.24) is 0 Å². The summed E-state index contributed by atoms with van der Waals surface area (Å²) in [5.74, 6) is 0.204. The van der Waals surface area contributed by atoms with Gasteiger partial charge in [0.05, 0.1) is 5.02 Å². The minimum atomic E-state index is -1.53. The maximum absolute atomic E-state index is 12.3. The number of phenols is 1. The van der Waals surface area contributed by atoms with Gasteiger partial charge in [-0.3, -0.25) is 0 Å². The molecule has 2 N–H and O–H groups in total. The third-order valence-electron chi connectivity index (χ3n) is 4.76. The number of para-hydroxylation sites is 1. The Balaban J connectivity index is 2.11. The highest BCUT2D eigenvalue weighted by Crippen LogP contribution is 2.37. The van der Waals surface area contributed by atoms with E-state index >= 15 is 0 Å². The number of hydrogen-bond donors (Lipinski definition) is 2. The van der Waals surface area contributed by atoms with Crippen molar-refractivity contribution in [2.24, 2.45) is 17.8 Å². The zero-order valence-corrected chi connectivity index (χ0v) is 14.6. The van der Waals surface area contributed by atoms with E-state index < -0.39 is 12.1 Å². The van der Waals surface area contributed by atoms with E-state index in [0.29, 0.717) is 17.8 Å². The molecular formula is C18H25ClO4. The topological polar surface area (TPSA) is 66.8 Å². The third kappa shape index (κ3) is 4.18. The molecule has 0 bridgehead atoms. The van der Waals surface area contributed by atoms with Gasteiger partial charge in [-0.05, 0) is 36.7 Å². The Morgan fingerprint density at radius 2 is 2.04 bits per heavy atom. The van der Waals surface area contributed by atoms with Crippen LogP contribution in [-0.4, -0.2) is 22.3 Å². The van der Waals surface area contributed by atoms with Crippen molar-refractivity contribution in [2.45, 2.75) is 52.2 Å². The number of aliphatic hydroxyl groups excluding tert-OH is 1. The molecule has 1 aromatic rings. The van der Waals surface area contributed by atoms with Gasteiger partial charge in [0, 0.05) is 5.56 Å². The number of benzene rings is 1. The zero-order chi connectivity index (χ0) is 17.1. The maximum atomic E-state index is 12.3. The lowest BCUT2D eigenvalue weighted by Gasteiger charge is -2.37. The van der Waals surface area contributed by atoms with E-state index in [9.17, 15) is 15.0 Å². The lowest BCUT2D eigenvalue weighted by atomic mass is 9.75. The molecule has 1 aliphatic carbocycles. The van der Waals surface area contributed by atoms with Crippen molar-refractivity contribution >= 4 is 17.6 Å². The molecule has 128 valence electrons. The van der Waals surface area contributed by atoms with E-state index in [1.165, 1.54) is 12.1 Å². The van der Waals surface area contributed by atoms with Crippen LogP contribution in [-0.2, 0) is 9.53 Å². The fourth-order valence-electron chi connectivity index (χ4n) is 3.34. The van der Waals surface area contributed by atoms with Crippen LogP contribution in [0.1, 0.15) is 51.7 Å². The van der Waals surface area contributed by atoms with Crippen LogP contribution in [0.2, 0.25) is 5.02 Å². The smallest absolute Gasteiger partial charge is 0.340 e. The van der Waals surface area contributed by atoms with Crippen LogP contribution in [0, 0.1) is 17.8 Å². The summed E-state index contributed by atoms with van der Waals surface area (Å²) >= 11 is 5.83. The second-order valence-electron chi connectivity index (χ2n) is 6.88. The Kier molecular flexibility index (Phi) is 5.93. The second-order valence-corrected chi connectivity index (χ2v) is 7.29. The molecule has 3 unspecified atom stereocenters. The van der Waals surface area contributed by atoms with E-state index in [0.717, 1.165) is 19.3 Å². The highest BCUT2D eigenvalue weighted by Gasteiger charge is 2.35. The number of carbonyl (C=O) groups is 1. The Morgan fingerprint density at radius 3 is 2.70 bits per heavy atom. The summed E-state index contributed by atoms with van der Waals surface area (Å²) < 4.78 is 5.60. The van der Waals surface area contributed by atoms with Crippen LogP contribution in [0.25, 0.3) is 0 Å². The Hall–Kier alpha value is -1.26. The van der Waals surface area contributed by atoms with Gasteiger partial charge >= 0.3 is 5.97 Å². The van der Waals surface area contributed by atoms with Crippen LogP contribution in [0.4, 0.5) is 0 Å². The van der Waals surface area contributed by atoms with Gasteiger partial charge in [-0.15, -0.1) is 0 Å². The number of phenolic OH excluding ortho intramolecular Hbond substituents is 1. The highest BCUT2D eigenvalue weighted by molar-refractivity contribution is 6.32. The Bertz CT molecular complexity index is 558.